The molecule has 2 aliphatic rings. The SMILES string of the molecule is CC(C)C(=O)N1CC2(CC(NC(=O)c3cc(-c4ccccc4)no3)C2)C1. The number of nitrogens with one attached hydrogen (secondary N) is 1. The van der Waals surface area contributed by atoms with Crippen LogP contribution in [0.4, 0.5) is 0 Å². The first-order chi connectivity index (χ1) is 12.5. The highest BCUT2D eigenvalue weighted by molar-refractivity contribution is 5.92. The van der Waals surface area contributed by atoms with Crippen LogP contribution in [-0.4, -0.2) is 41.0 Å². The van der Waals surface area contributed by atoms with Crippen LogP contribution >= 0.6 is 0 Å². The van der Waals surface area contributed by atoms with Gasteiger partial charge in [0.1, 0.15) is 5.69 Å². The van der Waals surface area contributed by atoms with Crippen molar-refractivity contribution < 1.29 is 14.1 Å². The minimum atomic E-state index is -0.228. The molecule has 2 amide bonds. The zero-order valence-corrected chi connectivity index (χ0v) is 15.1. The van der Waals surface area contributed by atoms with Gasteiger partial charge in [-0.15, -0.1) is 0 Å². The summed E-state index contributed by atoms with van der Waals surface area (Å²) in [5.41, 5.74) is 1.78. The van der Waals surface area contributed by atoms with E-state index in [1.54, 1.807) is 6.07 Å². The van der Waals surface area contributed by atoms with Crippen molar-refractivity contribution >= 4 is 11.8 Å². The number of rotatable bonds is 4. The van der Waals surface area contributed by atoms with Crippen LogP contribution in [0.3, 0.4) is 0 Å². The molecule has 1 spiro atoms. The third kappa shape index (κ3) is 3.00. The number of hydrogen-bond acceptors (Lipinski definition) is 4. The van der Waals surface area contributed by atoms with Crippen molar-refractivity contribution in [3.05, 3.63) is 42.2 Å². The molecule has 1 aromatic carbocycles. The van der Waals surface area contributed by atoms with E-state index >= 15 is 0 Å². The van der Waals surface area contributed by atoms with E-state index < -0.39 is 0 Å². The molecular formula is C20H23N3O3. The number of likely N-dealkylation sites (tertiary alicyclic amines) is 1. The van der Waals surface area contributed by atoms with E-state index in [1.165, 1.54) is 0 Å². The Kier molecular flexibility index (Phi) is 4.05. The molecule has 2 aromatic rings. The number of aromatic nitrogens is 1. The van der Waals surface area contributed by atoms with Crippen LogP contribution in [0.15, 0.2) is 40.9 Å². The molecule has 2 fully saturated rings. The fourth-order valence-corrected chi connectivity index (χ4v) is 4.01. The average Bonchev–Trinajstić information content (AvgIpc) is 3.06. The molecule has 1 saturated carbocycles. The standard InChI is InChI=1S/C20H23N3O3/c1-13(2)19(25)23-11-20(12-23)9-15(10-20)21-18(24)17-8-16(22-26-17)14-6-4-3-5-7-14/h3-8,13,15H,9-12H2,1-2H3,(H,21,24). The highest BCUT2D eigenvalue weighted by Crippen LogP contribution is 2.48. The maximum absolute atomic E-state index is 12.4. The first kappa shape index (κ1) is 16.8. The summed E-state index contributed by atoms with van der Waals surface area (Å²) >= 11 is 0. The highest BCUT2D eigenvalue weighted by atomic mass is 16.5. The van der Waals surface area contributed by atoms with Crippen molar-refractivity contribution in [1.82, 2.24) is 15.4 Å². The van der Waals surface area contributed by atoms with Crippen molar-refractivity contribution in [2.45, 2.75) is 32.7 Å². The van der Waals surface area contributed by atoms with E-state index in [0.29, 0.717) is 5.69 Å². The van der Waals surface area contributed by atoms with Gasteiger partial charge >= 0.3 is 0 Å². The minimum Gasteiger partial charge on any atom is -0.350 e. The molecule has 4 rings (SSSR count). The van der Waals surface area contributed by atoms with Crippen molar-refractivity contribution in [2.24, 2.45) is 11.3 Å². The van der Waals surface area contributed by atoms with E-state index in [1.807, 2.05) is 49.1 Å². The lowest BCUT2D eigenvalue weighted by atomic mass is 9.60. The fourth-order valence-electron chi connectivity index (χ4n) is 4.01. The maximum atomic E-state index is 12.4. The van der Waals surface area contributed by atoms with Crippen molar-refractivity contribution in [3.8, 4) is 11.3 Å². The lowest BCUT2D eigenvalue weighted by Gasteiger charge is -2.59. The Morgan fingerprint density at radius 3 is 2.58 bits per heavy atom. The Hall–Kier alpha value is -2.63. The number of benzene rings is 1. The molecule has 1 aliphatic carbocycles. The predicted molar refractivity (Wildman–Crippen MR) is 96.3 cm³/mol. The summed E-state index contributed by atoms with van der Waals surface area (Å²) < 4.78 is 5.20. The molecule has 136 valence electrons. The van der Waals surface area contributed by atoms with E-state index in [0.717, 1.165) is 31.5 Å². The third-order valence-electron chi connectivity index (χ3n) is 5.36. The zero-order valence-electron chi connectivity index (χ0n) is 15.1. The number of amides is 2. The van der Waals surface area contributed by atoms with Gasteiger partial charge in [-0.3, -0.25) is 9.59 Å². The first-order valence-electron chi connectivity index (χ1n) is 9.08. The van der Waals surface area contributed by atoms with Crippen LogP contribution in [0.2, 0.25) is 0 Å². The number of carbonyl (C=O) groups is 2. The van der Waals surface area contributed by atoms with Crippen LogP contribution in [-0.2, 0) is 4.79 Å². The first-order valence-corrected chi connectivity index (χ1v) is 9.08. The minimum absolute atomic E-state index is 0.0492. The second kappa shape index (κ2) is 6.27. The van der Waals surface area contributed by atoms with Gasteiger partial charge in [-0.05, 0) is 12.8 Å². The highest BCUT2D eigenvalue weighted by Gasteiger charge is 2.54. The summed E-state index contributed by atoms with van der Waals surface area (Å²) in [6, 6.07) is 11.4. The summed E-state index contributed by atoms with van der Waals surface area (Å²) in [6.45, 7) is 5.49. The van der Waals surface area contributed by atoms with Gasteiger partial charge in [0.15, 0.2) is 0 Å². The third-order valence-corrected chi connectivity index (χ3v) is 5.36. The van der Waals surface area contributed by atoms with Crippen LogP contribution < -0.4 is 5.32 Å². The molecule has 2 heterocycles. The smallest absolute Gasteiger partial charge is 0.290 e. The molecule has 1 aliphatic heterocycles. The molecule has 1 saturated heterocycles. The summed E-state index contributed by atoms with van der Waals surface area (Å²) in [5, 5.41) is 6.99. The lowest BCUT2D eigenvalue weighted by molar-refractivity contribution is -0.155. The second-order valence-corrected chi connectivity index (χ2v) is 7.87. The summed E-state index contributed by atoms with van der Waals surface area (Å²) in [7, 11) is 0. The van der Waals surface area contributed by atoms with Gasteiger partial charge in [0.25, 0.3) is 5.91 Å². The van der Waals surface area contributed by atoms with Gasteiger partial charge in [0.05, 0.1) is 0 Å². The van der Waals surface area contributed by atoms with Gasteiger partial charge in [0.2, 0.25) is 11.7 Å². The molecule has 0 bridgehead atoms. The van der Waals surface area contributed by atoms with E-state index in [9.17, 15) is 9.59 Å². The van der Waals surface area contributed by atoms with Crippen molar-refractivity contribution in [2.75, 3.05) is 13.1 Å². The van der Waals surface area contributed by atoms with Crippen LogP contribution in [0.25, 0.3) is 11.3 Å². The van der Waals surface area contributed by atoms with Crippen molar-refractivity contribution in [1.29, 1.82) is 0 Å². The molecule has 6 heteroatoms. The average molecular weight is 353 g/mol. The monoisotopic (exact) mass is 353 g/mol. The number of hydrogen-bond donors (Lipinski definition) is 1. The molecule has 0 unspecified atom stereocenters. The predicted octanol–water partition coefficient (Wildman–Crippen LogP) is 2.72. The van der Waals surface area contributed by atoms with E-state index in [-0.39, 0.29) is 34.9 Å². The van der Waals surface area contributed by atoms with Crippen LogP contribution in [0.5, 0.6) is 0 Å². The quantitative estimate of drug-likeness (QED) is 0.917. The van der Waals surface area contributed by atoms with Gasteiger partial charge in [0, 0.05) is 42.1 Å². The maximum Gasteiger partial charge on any atom is 0.290 e. The van der Waals surface area contributed by atoms with Gasteiger partial charge < -0.3 is 14.7 Å². The van der Waals surface area contributed by atoms with E-state index in [4.69, 9.17) is 4.52 Å². The fraction of sp³-hybridized carbons (Fsp3) is 0.450. The van der Waals surface area contributed by atoms with Gasteiger partial charge in [-0.25, -0.2) is 0 Å². The van der Waals surface area contributed by atoms with Gasteiger partial charge in [-0.2, -0.15) is 0 Å². The van der Waals surface area contributed by atoms with Crippen LogP contribution in [0, 0.1) is 11.3 Å². The van der Waals surface area contributed by atoms with E-state index in [2.05, 4.69) is 10.5 Å². The van der Waals surface area contributed by atoms with Crippen molar-refractivity contribution in [3.63, 3.8) is 0 Å². The Balaban J connectivity index is 1.29. The molecule has 26 heavy (non-hydrogen) atoms. The molecular weight excluding hydrogens is 330 g/mol. The number of nitrogens with zero attached hydrogens (tertiary/aromatic N) is 2. The summed E-state index contributed by atoms with van der Waals surface area (Å²) in [5.74, 6) is 0.274. The Bertz CT molecular complexity index is 814. The van der Waals surface area contributed by atoms with Crippen LogP contribution in [0.1, 0.15) is 37.2 Å². The Morgan fingerprint density at radius 1 is 1.23 bits per heavy atom. The second-order valence-electron chi connectivity index (χ2n) is 7.87. The Labute approximate surface area is 152 Å². The molecule has 0 atom stereocenters. The lowest BCUT2D eigenvalue weighted by Crippen LogP contribution is -2.68. The molecule has 6 nitrogen and oxygen atoms in total. The zero-order chi connectivity index (χ0) is 18.3. The normalized spacial score (nSPS) is 18.5. The number of carbonyl (C=O) groups excluding carboxylic acids is 2. The molecule has 1 aromatic heterocycles. The molecule has 0 radical (unpaired) electrons. The van der Waals surface area contributed by atoms with Gasteiger partial charge in [-0.1, -0.05) is 49.3 Å². The Morgan fingerprint density at radius 2 is 1.92 bits per heavy atom. The largest absolute Gasteiger partial charge is 0.350 e. The molecule has 1 N–H and O–H groups in total. The topological polar surface area (TPSA) is 75.4 Å². The summed E-state index contributed by atoms with van der Waals surface area (Å²) in [4.78, 5) is 26.2. The summed E-state index contributed by atoms with van der Waals surface area (Å²) in [6.07, 6.45) is 1.83.